The number of rotatable bonds is 6. The van der Waals surface area contributed by atoms with E-state index in [1.54, 1.807) is 32.7 Å². The predicted molar refractivity (Wildman–Crippen MR) is 79.6 cm³/mol. The summed E-state index contributed by atoms with van der Waals surface area (Å²) in [6.07, 6.45) is 0. The lowest BCUT2D eigenvalue weighted by molar-refractivity contribution is 0.323. The highest BCUT2D eigenvalue weighted by Gasteiger charge is 2.19. The highest BCUT2D eigenvalue weighted by molar-refractivity contribution is 7.08. The van der Waals surface area contributed by atoms with Crippen molar-refractivity contribution in [3.05, 3.63) is 40.1 Å². The molecule has 1 unspecified atom stereocenters. The zero-order valence-electron chi connectivity index (χ0n) is 11.7. The first-order chi connectivity index (χ1) is 9.74. The van der Waals surface area contributed by atoms with Crippen molar-refractivity contribution in [3.63, 3.8) is 0 Å². The maximum atomic E-state index is 5.69. The van der Waals surface area contributed by atoms with Crippen LogP contribution in [0.2, 0.25) is 0 Å². The average molecular weight is 294 g/mol. The first kappa shape index (κ1) is 14.6. The fourth-order valence-corrected chi connectivity index (χ4v) is 2.78. The second-order valence-electron chi connectivity index (χ2n) is 4.12. The van der Waals surface area contributed by atoms with Crippen molar-refractivity contribution in [1.82, 2.24) is 5.43 Å². The van der Waals surface area contributed by atoms with E-state index in [2.05, 4.69) is 5.43 Å². The molecule has 1 heterocycles. The molecular formula is C14H18N2O3S. The summed E-state index contributed by atoms with van der Waals surface area (Å²) in [4.78, 5) is 0. The third kappa shape index (κ3) is 2.72. The average Bonchev–Trinajstić information content (AvgIpc) is 3.00. The van der Waals surface area contributed by atoms with Gasteiger partial charge in [-0.25, -0.2) is 5.43 Å². The van der Waals surface area contributed by atoms with Crippen molar-refractivity contribution in [2.24, 2.45) is 5.84 Å². The molecule has 2 rings (SSSR count). The molecule has 1 atom stereocenters. The minimum Gasteiger partial charge on any atom is -0.493 e. The monoisotopic (exact) mass is 294 g/mol. The molecule has 0 aliphatic heterocycles. The van der Waals surface area contributed by atoms with Crippen LogP contribution >= 0.6 is 11.3 Å². The van der Waals surface area contributed by atoms with Gasteiger partial charge in [0, 0.05) is 0 Å². The normalized spacial score (nSPS) is 12.0. The predicted octanol–water partition coefficient (Wildman–Crippen LogP) is 2.33. The van der Waals surface area contributed by atoms with Gasteiger partial charge in [-0.2, -0.15) is 11.3 Å². The summed E-state index contributed by atoms with van der Waals surface area (Å²) < 4.78 is 16.0. The van der Waals surface area contributed by atoms with Crippen LogP contribution in [-0.2, 0) is 0 Å². The number of hydrogen-bond acceptors (Lipinski definition) is 6. The highest BCUT2D eigenvalue weighted by Crippen LogP contribution is 2.40. The molecule has 20 heavy (non-hydrogen) atoms. The number of methoxy groups -OCH3 is 3. The van der Waals surface area contributed by atoms with Crippen LogP contribution in [0, 0.1) is 0 Å². The van der Waals surface area contributed by atoms with Gasteiger partial charge < -0.3 is 14.2 Å². The number of thiophene rings is 1. The van der Waals surface area contributed by atoms with Crippen LogP contribution in [0.4, 0.5) is 0 Å². The second-order valence-corrected chi connectivity index (χ2v) is 4.90. The molecule has 3 N–H and O–H groups in total. The maximum absolute atomic E-state index is 5.69. The summed E-state index contributed by atoms with van der Waals surface area (Å²) in [5.41, 5.74) is 4.85. The molecular weight excluding hydrogens is 276 g/mol. The van der Waals surface area contributed by atoms with E-state index in [1.165, 1.54) is 0 Å². The molecule has 0 aliphatic rings. The number of benzene rings is 1. The smallest absolute Gasteiger partial charge is 0.203 e. The van der Waals surface area contributed by atoms with Crippen molar-refractivity contribution in [3.8, 4) is 17.2 Å². The van der Waals surface area contributed by atoms with Crippen molar-refractivity contribution >= 4 is 11.3 Å². The van der Waals surface area contributed by atoms with E-state index in [0.29, 0.717) is 17.2 Å². The third-order valence-electron chi connectivity index (χ3n) is 3.06. The highest BCUT2D eigenvalue weighted by atomic mass is 32.1. The lowest BCUT2D eigenvalue weighted by Gasteiger charge is -2.19. The fraction of sp³-hybridized carbons (Fsp3) is 0.286. The molecule has 0 bridgehead atoms. The van der Waals surface area contributed by atoms with Crippen LogP contribution in [0.5, 0.6) is 17.2 Å². The van der Waals surface area contributed by atoms with E-state index < -0.39 is 0 Å². The largest absolute Gasteiger partial charge is 0.493 e. The Morgan fingerprint density at radius 2 is 1.70 bits per heavy atom. The molecule has 6 heteroatoms. The number of hydrazine groups is 1. The Morgan fingerprint density at radius 1 is 1.05 bits per heavy atom. The summed E-state index contributed by atoms with van der Waals surface area (Å²) in [5, 5.41) is 4.06. The molecule has 0 saturated carbocycles. The zero-order chi connectivity index (χ0) is 14.5. The van der Waals surface area contributed by atoms with Crippen molar-refractivity contribution in [2.75, 3.05) is 21.3 Å². The molecule has 5 nitrogen and oxygen atoms in total. The minimum atomic E-state index is -0.130. The molecule has 0 saturated heterocycles. The number of hydrogen-bond donors (Lipinski definition) is 2. The Kier molecular flexibility index (Phi) is 4.84. The van der Waals surface area contributed by atoms with E-state index in [0.717, 1.165) is 11.1 Å². The molecule has 0 amide bonds. The Balaban J connectivity index is 2.50. The zero-order valence-corrected chi connectivity index (χ0v) is 12.5. The van der Waals surface area contributed by atoms with E-state index in [1.807, 2.05) is 29.0 Å². The van der Waals surface area contributed by atoms with Crippen molar-refractivity contribution in [1.29, 1.82) is 0 Å². The quantitative estimate of drug-likeness (QED) is 0.632. The van der Waals surface area contributed by atoms with Gasteiger partial charge in [0.05, 0.1) is 27.4 Å². The molecule has 2 aromatic rings. The van der Waals surface area contributed by atoms with Gasteiger partial charge >= 0.3 is 0 Å². The maximum Gasteiger partial charge on any atom is 0.203 e. The Hall–Kier alpha value is -1.76. The molecule has 108 valence electrons. The third-order valence-corrected chi connectivity index (χ3v) is 3.77. The summed E-state index contributed by atoms with van der Waals surface area (Å²) in [6.45, 7) is 0. The number of nitrogens with one attached hydrogen (secondary N) is 1. The van der Waals surface area contributed by atoms with E-state index >= 15 is 0 Å². The first-order valence-corrected chi connectivity index (χ1v) is 6.97. The Bertz CT molecular complexity index is 533. The number of ether oxygens (including phenoxy) is 3. The van der Waals surface area contributed by atoms with Crippen LogP contribution < -0.4 is 25.5 Å². The lowest BCUT2D eigenvalue weighted by atomic mass is 10.0. The summed E-state index contributed by atoms with van der Waals surface area (Å²) >= 11 is 1.62. The van der Waals surface area contributed by atoms with E-state index in [-0.39, 0.29) is 6.04 Å². The first-order valence-electron chi connectivity index (χ1n) is 6.03. The molecule has 0 radical (unpaired) electrons. The van der Waals surface area contributed by atoms with Crippen molar-refractivity contribution in [2.45, 2.75) is 6.04 Å². The van der Waals surface area contributed by atoms with Crippen LogP contribution in [0.25, 0.3) is 0 Å². The molecule has 1 aromatic carbocycles. The SMILES string of the molecule is COc1cc(C(NN)c2ccsc2)cc(OC)c1OC. The van der Waals surface area contributed by atoms with Gasteiger partial charge in [0.15, 0.2) is 11.5 Å². The molecule has 0 spiro atoms. The van der Waals surface area contributed by atoms with Crippen LogP contribution in [0.1, 0.15) is 17.2 Å². The standard InChI is InChI=1S/C14H18N2O3S/c1-17-11-6-10(7-12(18-2)14(11)19-3)13(16-15)9-4-5-20-8-9/h4-8,13,16H,15H2,1-3H3. The number of nitrogens with two attached hydrogens (primary N) is 1. The topological polar surface area (TPSA) is 65.7 Å². The second kappa shape index (κ2) is 6.60. The van der Waals surface area contributed by atoms with Crippen molar-refractivity contribution < 1.29 is 14.2 Å². The fourth-order valence-electron chi connectivity index (χ4n) is 2.09. The van der Waals surface area contributed by atoms with E-state index in [9.17, 15) is 0 Å². The van der Waals surface area contributed by atoms with Crippen LogP contribution in [-0.4, -0.2) is 21.3 Å². The minimum absolute atomic E-state index is 0.130. The van der Waals surface area contributed by atoms with Gasteiger partial charge in [0.25, 0.3) is 0 Å². The van der Waals surface area contributed by atoms with Gasteiger partial charge in [0.2, 0.25) is 5.75 Å². The lowest BCUT2D eigenvalue weighted by Crippen LogP contribution is -2.28. The van der Waals surface area contributed by atoms with Gasteiger partial charge in [-0.3, -0.25) is 5.84 Å². The van der Waals surface area contributed by atoms with Gasteiger partial charge in [0.1, 0.15) is 0 Å². The summed E-state index contributed by atoms with van der Waals surface area (Å²) in [6, 6.07) is 5.68. The summed E-state index contributed by atoms with van der Waals surface area (Å²) in [5.74, 6) is 7.48. The van der Waals surface area contributed by atoms with Gasteiger partial charge in [-0.05, 0) is 40.1 Å². The van der Waals surface area contributed by atoms with E-state index in [4.69, 9.17) is 20.1 Å². The van der Waals surface area contributed by atoms with Crippen LogP contribution in [0.15, 0.2) is 29.0 Å². The summed E-state index contributed by atoms with van der Waals surface area (Å²) in [7, 11) is 4.77. The molecule has 1 aromatic heterocycles. The molecule has 0 fully saturated rings. The molecule has 0 aliphatic carbocycles. The Morgan fingerprint density at radius 3 is 2.10 bits per heavy atom. The van der Waals surface area contributed by atoms with Gasteiger partial charge in [-0.1, -0.05) is 0 Å². The van der Waals surface area contributed by atoms with Gasteiger partial charge in [-0.15, -0.1) is 0 Å². The Labute approximate surface area is 122 Å². The van der Waals surface area contributed by atoms with Crippen LogP contribution in [0.3, 0.4) is 0 Å².